The quantitative estimate of drug-likeness (QED) is 0.651. The summed E-state index contributed by atoms with van der Waals surface area (Å²) in [5.74, 6) is -0.00514. The number of carbonyl (C=O) groups is 2. The first-order chi connectivity index (χ1) is 11.0. The first-order valence-electron chi connectivity index (χ1n) is 8.39. The number of nitrogens with zero attached hydrogens (tertiary/aromatic N) is 1. The molecule has 0 saturated heterocycles. The van der Waals surface area contributed by atoms with E-state index in [-0.39, 0.29) is 18.4 Å². The first kappa shape index (κ1) is 19.0. The van der Waals surface area contributed by atoms with E-state index in [0.29, 0.717) is 0 Å². The second kappa shape index (κ2) is 10.6. The van der Waals surface area contributed by atoms with Gasteiger partial charge in [0.25, 0.3) is 0 Å². The van der Waals surface area contributed by atoms with Gasteiger partial charge in [-0.25, -0.2) is 0 Å². The van der Waals surface area contributed by atoms with E-state index in [1.807, 2.05) is 24.3 Å². The molecular formula is C18H29N3O2. The average Bonchev–Trinajstić information content (AvgIpc) is 2.55. The van der Waals surface area contributed by atoms with Crippen molar-refractivity contribution in [3.63, 3.8) is 0 Å². The lowest BCUT2D eigenvalue weighted by molar-refractivity contribution is -0.119. The molecule has 1 aromatic rings. The Morgan fingerprint density at radius 1 is 1.04 bits per heavy atom. The second-order valence-corrected chi connectivity index (χ2v) is 5.74. The van der Waals surface area contributed by atoms with E-state index in [4.69, 9.17) is 0 Å². The largest absolute Gasteiger partial charge is 0.376 e. The maximum absolute atomic E-state index is 11.7. The van der Waals surface area contributed by atoms with Gasteiger partial charge in [-0.3, -0.25) is 9.59 Å². The van der Waals surface area contributed by atoms with Crippen molar-refractivity contribution in [3.05, 3.63) is 24.3 Å². The second-order valence-electron chi connectivity index (χ2n) is 5.74. The zero-order chi connectivity index (χ0) is 17.1. The third kappa shape index (κ3) is 7.68. The minimum Gasteiger partial charge on any atom is -0.376 e. The molecule has 1 rings (SSSR count). The van der Waals surface area contributed by atoms with Crippen LogP contribution < -0.4 is 15.5 Å². The highest BCUT2D eigenvalue weighted by Crippen LogP contribution is 2.16. The van der Waals surface area contributed by atoms with E-state index >= 15 is 0 Å². The normalized spacial score (nSPS) is 10.2. The van der Waals surface area contributed by atoms with Crippen LogP contribution in [0.3, 0.4) is 0 Å². The Labute approximate surface area is 139 Å². The molecule has 0 heterocycles. The predicted molar refractivity (Wildman–Crippen MR) is 95.8 cm³/mol. The third-order valence-corrected chi connectivity index (χ3v) is 3.78. The van der Waals surface area contributed by atoms with Gasteiger partial charge in [-0.15, -0.1) is 0 Å². The minimum atomic E-state index is -0.0102. The van der Waals surface area contributed by atoms with Gasteiger partial charge in [0.2, 0.25) is 11.8 Å². The maximum Gasteiger partial charge on any atom is 0.239 e. The number of amides is 2. The molecule has 0 aromatic heterocycles. The number of anilines is 2. The number of rotatable bonds is 10. The minimum absolute atomic E-state index is 0.00502. The molecule has 5 heteroatoms. The summed E-state index contributed by atoms with van der Waals surface area (Å²) in [6.07, 6.45) is 5.96. The molecule has 0 radical (unpaired) electrons. The monoisotopic (exact) mass is 319 g/mol. The summed E-state index contributed by atoms with van der Waals surface area (Å²) in [6.45, 7) is 4.72. The number of hydrogen-bond donors (Lipinski definition) is 2. The molecule has 0 fully saturated rings. The molecule has 0 aliphatic heterocycles. The Bertz CT molecular complexity index is 486. The highest BCUT2D eigenvalue weighted by molar-refractivity contribution is 5.91. The van der Waals surface area contributed by atoms with Gasteiger partial charge in [-0.2, -0.15) is 0 Å². The molecule has 128 valence electrons. The van der Waals surface area contributed by atoms with Crippen molar-refractivity contribution >= 4 is 23.2 Å². The fourth-order valence-corrected chi connectivity index (χ4v) is 2.19. The highest BCUT2D eigenvalue weighted by atomic mass is 16.2. The number of carbonyl (C=O) groups excluding carboxylic acids is 2. The van der Waals surface area contributed by atoms with Crippen LogP contribution in [-0.2, 0) is 9.59 Å². The van der Waals surface area contributed by atoms with Gasteiger partial charge in [-0.05, 0) is 30.7 Å². The van der Waals surface area contributed by atoms with Gasteiger partial charge in [-0.1, -0.05) is 32.6 Å². The van der Waals surface area contributed by atoms with Gasteiger partial charge in [0, 0.05) is 31.9 Å². The van der Waals surface area contributed by atoms with E-state index < -0.39 is 0 Å². The molecule has 1 aromatic carbocycles. The number of benzene rings is 1. The molecule has 23 heavy (non-hydrogen) atoms. The SMILES string of the molecule is CCCCCCCNC(=O)CNc1ccc(N(C)C(C)=O)cc1. The Kier molecular flexibility index (Phi) is 8.80. The van der Waals surface area contributed by atoms with E-state index in [2.05, 4.69) is 17.6 Å². The summed E-state index contributed by atoms with van der Waals surface area (Å²) >= 11 is 0. The van der Waals surface area contributed by atoms with Crippen molar-refractivity contribution in [3.8, 4) is 0 Å². The Hall–Kier alpha value is -2.04. The Morgan fingerprint density at radius 3 is 2.30 bits per heavy atom. The molecule has 5 nitrogen and oxygen atoms in total. The number of hydrogen-bond acceptors (Lipinski definition) is 3. The van der Waals surface area contributed by atoms with E-state index in [0.717, 1.165) is 24.3 Å². The van der Waals surface area contributed by atoms with Gasteiger partial charge >= 0.3 is 0 Å². The van der Waals surface area contributed by atoms with Crippen molar-refractivity contribution in [1.29, 1.82) is 0 Å². The molecule has 2 amide bonds. The van der Waals surface area contributed by atoms with Crippen molar-refractivity contribution in [1.82, 2.24) is 5.32 Å². The van der Waals surface area contributed by atoms with Crippen LogP contribution >= 0.6 is 0 Å². The van der Waals surface area contributed by atoms with Crippen LogP contribution in [0, 0.1) is 0 Å². The van der Waals surface area contributed by atoms with Crippen LogP contribution in [0.1, 0.15) is 46.0 Å². The summed E-state index contributed by atoms with van der Waals surface area (Å²) in [6, 6.07) is 7.45. The van der Waals surface area contributed by atoms with Gasteiger partial charge < -0.3 is 15.5 Å². The van der Waals surface area contributed by atoms with Crippen molar-refractivity contribution < 1.29 is 9.59 Å². The summed E-state index contributed by atoms with van der Waals surface area (Å²) in [5, 5.41) is 6.01. The summed E-state index contributed by atoms with van der Waals surface area (Å²) < 4.78 is 0. The van der Waals surface area contributed by atoms with Crippen LogP contribution in [0.25, 0.3) is 0 Å². The van der Waals surface area contributed by atoms with Gasteiger partial charge in [0.05, 0.1) is 6.54 Å². The molecular weight excluding hydrogens is 290 g/mol. The average molecular weight is 319 g/mol. The van der Waals surface area contributed by atoms with Crippen molar-refractivity contribution in [2.45, 2.75) is 46.0 Å². The van der Waals surface area contributed by atoms with Crippen LogP contribution in [0.15, 0.2) is 24.3 Å². The molecule has 0 atom stereocenters. The third-order valence-electron chi connectivity index (χ3n) is 3.78. The molecule has 0 unspecified atom stereocenters. The summed E-state index contributed by atoms with van der Waals surface area (Å²) in [4.78, 5) is 24.6. The van der Waals surface area contributed by atoms with E-state index in [1.165, 1.54) is 32.6 Å². The fraction of sp³-hybridized carbons (Fsp3) is 0.556. The van der Waals surface area contributed by atoms with E-state index in [9.17, 15) is 9.59 Å². The lowest BCUT2D eigenvalue weighted by atomic mass is 10.1. The number of nitrogens with one attached hydrogen (secondary N) is 2. The van der Waals surface area contributed by atoms with Crippen LogP contribution in [0.4, 0.5) is 11.4 Å². The molecule has 0 aliphatic rings. The van der Waals surface area contributed by atoms with Gasteiger partial charge in [0.1, 0.15) is 0 Å². The molecule has 0 bridgehead atoms. The topological polar surface area (TPSA) is 61.4 Å². The Balaban J connectivity index is 2.24. The standard InChI is InChI=1S/C18H29N3O2/c1-4-5-6-7-8-13-19-18(23)14-20-16-9-11-17(12-10-16)21(3)15(2)22/h9-12,20H,4-8,13-14H2,1-3H3,(H,19,23). The predicted octanol–water partition coefficient (Wildman–Crippen LogP) is 3.17. The first-order valence-corrected chi connectivity index (χ1v) is 8.39. The van der Waals surface area contributed by atoms with Crippen LogP contribution in [-0.4, -0.2) is 32.0 Å². The molecule has 2 N–H and O–H groups in total. The Morgan fingerprint density at radius 2 is 1.70 bits per heavy atom. The fourth-order valence-electron chi connectivity index (χ4n) is 2.19. The lowest BCUT2D eigenvalue weighted by Gasteiger charge is -2.15. The van der Waals surface area contributed by atoms with Gasteiger partial charge in [0.15, 0.2) is 0 Å². The van der Waals surface area contributed by atoms with Crippen molar-refractivity contribution in [2.24, 2.45) is 0 Å². The van der Waals surface area contributed by atoms with Crippen molar-refractivity contribution in [2.75, 3.05) is 30.4 Å². The van der Waals surface area contributed by atoms with Crippen LogP contribution in [0.5, 0.6) is 0 Å². The zero-order valence-corrected chi connectivity index (χ0v) is 14.5. The smallest absolute Gasteiger partial charge is 0.239 e. The molecule has 0 spiro atoms. The summed E-state index contributed by atoms with van der Waals surface area (Å²) in [5.41, 5.74) is 1.70. The number of unbranched alkanes of at least 4 members (excludes halogenated alkanes) is 4. The highest BCUT2D eigenvalue weighted by Gasteiger charge is 2.05. The molecule has 0 aliphatic carbocycles. The zero-order valence-electron chi connectivity index (χ0n) is 14.5. The van der Waals surface area contributed by atoms with Crippen LogP contribution in [0.2, 0.25) is 0 Å². The summed E-state index contributed by atoms with van der Waals surface area (Å²) in [7, 11) is 1.73. The maximum atomic E-state index is 11.7. The molecule has 0 saturated carbocycles. The lowest BCUT2D eigenvalue weighted by Crippen LogP contribution is -2.30. The van der Waals surface area contributed by atoms with E-state index in [1.54, 1.807) is 11.9 Å².